The van der Waals surface area contributed by atoms with Crippen molar-refractivity contribution in [1.82, 2.24) is 10.6 Å². The van der Waals surface area contributed by atoms with E-state index in [0.717, 1.165) is 18.6 Å². The van der Waals surface area contributed by atoms with Crippen molar-refractivity contribution in [1.29, 1.82) is 0 Å². The number of carbonyl (C=O) groups excluding carboxylic acids is 1. The molecule has 4 unspecified atom stereocenters. The Morgan fingerprint density at radius 2 is 1.57 bits per heavy atom. The topological polar surface area (TPSA) is 90.1 Å². The Balaban J connectivity index is 1.07. The first-order valence-corrected chi connectivity index (χ1v) is 12.7. The van der Waals surface area contributed by atoms with Gasteiger partial charge in [0.25, 0.3) is 0 Å². The van der Waals surface area contributed by atoms with Crippen LogP contribution in [0.25, 0.3) is 0 Å². The predicted octanol–water partition coefficient (Wildman–Crippen LogP) is 4.36. The summed E-state index contributed by atoms with van der Waals surface area (Å²) in [7, 11) is 0. The van der Waals surface area contributed by atoms with Crippen LogP contribution in [0.3, 0.4) is 0 Å². The van der Waals surface area contributed by atoms with Crippen LogP contribution in [0, 0.1) is 0 Å². The van der Waals surface area contributed by atoms with Gasteiger partial charge in [0.15, 0.2) is 11.2 Å². The minimum atomic E-state index is -0.550. The van der Waals surface area contributed by atoms with E-state index in [1.807, 2.05) is 30.3 Å². The van der Waals surface area contributed by atoms with Crippen LogP contribution in [-0.2, 0) is 14.2 Å². The molecule has 5 rings (SSSR count). The third-order valence-corrected chi connectivity index (χ3v) is 6.84. The summed E-state index contributed by atoms with van der Waals surface area (Å²) < 4.78 is 23.2. The van der Waals surface area contributed by atoms with E-state index in [0.29, 0.717) is 29.2 Å². The lowest BCUT2D eigenvalue weighted by atomic mass is 9.96. The Kier molecular flexibility index (Phi) is 7.66. The number of anilines is 1. The first-order valence-electron chi connectivity index (χ1n) is 12.2. The second-order valence-corrected chi connectivity index (χ2v) is 9.57. The Hall–Kier alpha value is -2.88. The number of carbonyl (C=O) groups is 1. The molecule has 0 spiro atoms. The van der Waals surface area contributed by atoms with Gasteiger partial charge in [-0.2, -0.15) is 0 Å². The lowest BCUT2D eigenvalue weighted by Crippen LogP contribution is -2.50. The fourth-order valence-electron chi connectivity index (χ4n) is 4.85. The zero-order chi connectivity index (χ0) is 24.0. The molecule has 0 radical (unpaired) electrons. The second kappa shape index (κ2) is 11.2. The minimum absolute atomic E-state index is 0.0718. The molecule has 0 aromatic heterocycles. The molecule has 35 heavy (non-hydrogen) atoms. The monoisotopic (exact) mass is 497 g/mol. The van der Waals surface area contributed by atoms with E-state index >= 15 is 0 Å². The van der Waals surface area contributed by atoms with Crippen LogP contribution in [0.15, 0.2) is 54.6 Å². The van der Waals surface area contributed by atoms with E-state index in [1.54, 1.807) is 24.3 Å². The maximum atomic E-state index is 12.5. The summed E-state index contributed by atoms with van der Waals surface area (Å²) in [6, 6.07) is 17.0. The van der Waals surface area contributed by atoms with E-state index in [9.17, 15) is 4.79 Å². The Labute approximate surface area is 210 Å². The lowest BCUT2D eigenvalue weighted by molar-refractivity contribution is 0.00879. The molecule has 2 saturated heterocycles. The van der Waals surface area contributed by atoms with Gasteiger partial charge >= 0.3 is 6.09 Å². The van der Waals surface area contributed by atoms with E-state index in [1.165, 1.54) is 19.3 Å². The second-order valence-electron chi connectivity index (χ2n) is 9.16. The number of fused-ring (bicyclic) bond motifs is 1. The number of amides is 1. The van der Waals surface area contributed by atoms with Crippen LogP contribution in [-0.4, -0.2) is 54.8 Å². The van der Waals surface area contributed by atoms with Crippen molar-refractivity contribution < 1.29 is 23.7 Å². The van der Waals surface area contributed by atoms with Crippen LogP contribution in [0.2, 0.25) is 0 Å². The predicted molar refractivity (Wildman–Crippen MR) is 136 cm³/mol. The molecule has 2 aliphatic heterocycles. The van der Waals surface area contributed by atoms with Crippen molar-refractivity contribution >= 4 is 29.1 Å². The Morgan fingerprint density at radius 3 is 2.34 bits per heavy atom. The molecule has 1 aliphatic carbocycles. The summed E-state index contributed by atoms with van der Waals surface area (Å²) in [5, 5.41) is 10.1. The van der Waals surface area contributed by atoms with Crippen molar-refractivity contribution in [3.63, 3.8) is 0 Å². The van der Waals surface area contributed by atoms with Gasteiger partial charge in [0, 0.05) is 11.7 Å². The average molecular weight is 498 g/mol. The number of thiocarbonyl (C=S) groups is 1. The van der Waals surface area contributed by atoms with Crippen LogP contribution in [0.4, 0.5) is 10.5 Å². The SMILES string of the molecule is O=C(Nc1ccc(Oc2ccccc2)cc1)OC1COC2C(NC(=S)NC3CCCCC3)COC12. The minimum Gasteiger partial charge on any atom is -0.457 e. The largest absolute Gasteiger partial charge is 0.457 e. The van der Waals surface area contributed by atoms with Gasteiger partial charge in [-0.05, 0) is 61.5 Å². The standard InChI is InChI=1S/C26H31N3O5S/c30-26(28-18-11-13-20(14-12-18)33-19-9-5-2-6-10-19)34-22-16-32-23-21(15-31-24(22)23)29-25(35)27-17-7-3-1-4-8-17/h2,5-6,9-14,17,21-24H,1,3-4,7-8,15-16H2,(H,28,30)(H2,27,29,35). The van der Waals surface area contributed by atoms with Gasteiger partial charge in [0.2, 0.25) is 0 Å². The Morgan fingerprint density at radius 1 is 0.857 bits per heavy atom. The van der Waals surface area contributed by atoms with Gasteiger partial charge < -0.3 is 29.6 Å². The fraction of sp³-hybridized carbons (Fsp3) is 0.462. The molecule has 4 atom stereocenters. The molecule has 9 heteroatoms. The van der Waals surface area contributed by atoms with Gasteiger partial charge in [0.05, 0.1) is 19.3 Å². The number of para-hydroxylation sites is 1. The highest BCUT2D eigenvalue weighted by Crippen LogP contribution is 2.29. The molecule has 1 amide bonds. The van der Waals surface area contributed by atoms with Crippen molar-refractivity contribution in [2.75, 3.05) is 18.5 Å². The maximum Gasteiger partial charge on any atom is 0.412 e. The third kappa shape index (κ3) is 6.22. The van der Waals surface area contributed by atoms with Crippen molar-refractivity contribution in [2.45, 2.75) is 62.5 Å². The zero-order valence-electron chi connectivity index (χ0n) is 19.5. The lowest BCUT2D eigenvalue weighted by Gasteiger charge is -2.26. The summed E-state index contributed by atoms with van der Waals surface area (Å²) >= 11 is 5.51. The first kappa shape index (κ1) is 23.8. The number of benzene rings is 2. The van der Waals surface area contributed by atoms with Gasteiger partial charge in [-0.1, -0.05) is 37.5 Å². The summed E-state index contributed by atoms with van der Waals surface area (Å²) in [6.07, 6.45) is 4.53. The van der Waals surface area contributed by atoms with Crippen molar-refractivity contribution in [2.24, 2.45) is 0 Å². The molecule has 3 N–H and O–H groups in total. The molecular formula is C26H31N3O5S. The van der Waals surface area contributed by atoms with E-state index in [-0.39, 0.29) is 24.9 Å². The number of hydrogen-bond donors (Lipinski definition) is 3. The molecule has 3 fully saturated rings. The molecule has 8 nitrogen and oxygen atoms in total. The van der Waals surface area contributed by atoms with Gasteiger partial charge in [0.1, 0.15) is 23.7 Å². The average Bonchev–Trinajstić information content (AvgIpc) is 3.45. The van der Waals surface area contributed by atoms with Crippen LogP contribution in [0.5, 0.6) is 11.5 Å². The summed E-state index contributed by atoms with van der Waals surface area (Å²) in [4.78, 5) is 12.5. The van der Waals surface area contributed by atoms with E-state index in [4.69, 9.17) is 31.2 Å². The van der Waals surface area contributed by atoms with Gasteiger partial charge in [-0.25, -0.2) is 4.79 Å². The maximum absolute atomic E-state index is 12.5. The van der Waals surface area contributed by atoms with Crippen molar-refractivity contribution in [3.05, 3.63) is 54.6 Å². The molecule has 2 aromatic carbocycles. The normalized spacial score (nSPS) is 25.9. The third-order valence-electron chi connectivity index (χ3n) is 6.60. The molecule has 0 bridgehead atoms. The summed E-state index contributed by atoms with van der Waals surface area (Å²) in [5.74, 6) is 1.43. The molecular weight excluding hydrogens is 466 g/mol. The fourth-order valence-corrected chi connectivity index (χ4v) is 5.17. The number of rotatable bonds is 6. The molecule has 1 saturated carbocycles. The van der Waals surface area contributed by atoms with Gasteiger partial charge in [-0.3, -0.25) is 5.32 Å². The highest BCUT2D eigenvalue weighted by atomic mass is 32.1. The smallest absolute Gasteiger partial charge is 0.412 e. The van der Waals surface area contributed by atoms with Crippen LogP contribution >= 0.6 is 12.2 Å². The first-order chi connectivity index (χ1) is 17.1. The molecule has 2 aromatic rings. The highest BCUT2D eigenvalue weighted by Gasteiger charge is 2.49. The van der Waals surface area contributed by atoms with E-state index in [2.05, 4.69) is 16.0 Å². The quantitative estimate of drug-likeness (QED) is 0.508. The summed E-state index contributed by atoms with van der Waals surface area (Å²) in [6.45, 7) is 0.736. The summed E-state index contributed by atoms with van der Waals surface area (Å²) in [5.41, 5.74) is 0.608. The van der Waals surface area contributed by atoms with E-state index < -0.39 is 12.2 Å². The molecule has 3 aliphatic rings. The van der Waals surface area contributed by atoms with Crippen LogP contribution in [0.1, 0.15) is 32.1 Å². The van der Waals surface area contributed by atoms with Crippen molar-refractivity contribution in [3.8, 4) is 11.5 Å². The number of nitrogens with one attached hydrogen (secondary N) is 3. The number of ether oxygens (including phenoxy) is 4. The molecule has 186 valence electrons. The molecule has 2 heterocycles. The highest BCUT2D eigenvalue weighted by molar-refractivity contribution is 7.80. The Bertz CT molecular complexity index is 1000. The zero-order valence-corrected chi connectivity index (χ0v) is 20.3. The van der Waals surface area contributed by atoms with Crippen LogP contribution < -0.4 is 20.7 Å². The van der Waals surface area contributed by atoms with Gasteiger partial charge in [-0.15, -0.1) is 0 Å². The number of hydrogen-bond acceptors (Lipinski definition) is 6.